The largest absolute Gasteiger partial charge is 0.481 e. The average molecular weight is 541 g/mol. The number of benzene rings is 3. The zero-order chi connectivity index (χ0) is 28.6. The summed E-state index contributed by atoms with van der Waals surface area (Å²) in [7, 11) is 5.35. The second-order valence-corrected chi connectivity index (χ2v) is 10.4. The summed E-state index contributed by atoms with van der Waals surface area (Å²) < 4.78 is 4.70. The Morgan fingerprint density at radius 3 is 2.02 bits per heavy atom. The fourth-order valence-electron chi connectivity index (χ4n) is 5.07. The van der Waals surface area contributed by atoms with Crippen LogP contribution in [0, 0.1) is 11.8 Å². The Hall–Kier alpha value is -4.39. The van der Waals surface area contributed by atoms with E-state index in [0.717, 1.165) is 33.6 Å². The van der Waals surface area contributed by atoms with Crippen molar-refractivity contribution in [1.29, 1.82) is 0 Å². The number of carbonyl (C=O) groups is 3. The number of rotatable bonds is 9. The Bertz CT molecular complexity index is 1350. The molecule has 1 fully saturated rings. The quantitative estimate of drug-likeness (QED) is 0.263. The van der Waals surface area contributed by atoms with E-state index in [1.807, 2.05) is 50.5 Å². The summed E-state index contributed by atoms with van der Waals surface area (Å²) in [5.41, 5.74) is 5.82. The molecule has 0 saturated heterocycles. The molecule has 0 radical (unpaired) electrons. The van der Waals surface area contributed by atoms with Crippen molar-refractivity contribution in [1.82, 2.24) is 0 Å². The van der Waals surface area contributed by atoms with Gasteiger partial charge in [0, 0.05) is 37.5 Å². The van der Waals surface area contributed by atoms with Crippen molar-refractivity contribution in [2.24, 2.45) is 11.8 Å². The first-order valence-electron chi connectivity index (χ1n) is 13.5. The van der Waals surface area contributed by atoms with E-state index < -0.39 is 11.9 Å². The first-order chi connectivity index (χ1) is 19.2. The highest BCUT2D eigenvalue weighted by Gasteiger charge is 2.32. The monoisotopic (exact) mass is 540 g/mol. The van der Waals surface area contributed by atoms with Crippen LogP contribution in [-0.4, -0.2) is 44.2 Å². The van der Waals surface area contributed by atoms with Gasteiger partial charge in [0.15, 0.2) is 0 Å². The topological polar surface area (TPSA) is 87.2 Å². The standard InChI is InChI=1S/C33H36N2O5/c1-34(2)29-18-16-26(17-19-29)25-10-7-24(8-11-25)22-35(32(37)27-12-14-28(15-13-27)33(38)39)30-6-4-5-23(21-30)9-20-31(36)40-3/h4-11,16-21,27-28H,12-15,22H2,1-3H3,(H,38,39)/b20-9+/t27-,28-. The molecule has 7 nitrogen and oxygen atoms in total. The van der Waals surface area contributed by atoms with Crippen LogP contribution < -0.4 is 9.80 Å². The van der Waals surface area contributed by atoms with Gasteiger partial charge in [-0.15, -0.1) is 0 Å². The smallest absolute Gasteiger partial charge is 0.330 e. The van der Waals surface area contributed by atoms with Crippen molar-refractivity contribution in [2.45, 2.75) is 32.2 Å². The van der Waals surface area contributed by atoms with E-state index in [1.54, 1.807) is 11.0 Å². The van der Waals surface area contributed by atoms with Gasteiger partial charge < -0.3 is 19.6 Å². The van der Waals surface area contributed by atoms with Crippen molar-refractivity contribution >= 4 is 35.3 Å². The summed E-state index contributed by atoms with van der Waals surface area (Å²) in [4.78, 5) is 40.7. The van der Waals surface area contributed by atoms with Gasteiger partial charge in [-0.2, -0.15) is 0 Å². The van der Waals surface area contributed by atoms with Gasteiger partial charge in [0.25, 0.3) is 0 Å². The summed E-state index contributed by atoms with van der Waals surface area (Å²) in [6.45, 7) is 0.377. The van der Waals surface area contributed by atoms with Gasteiger partial charge in [-0.25, -0.2) is 4.79 Å². The molecule has 0 aromatic heterocycles. The third-order valence-electron chi connectivity index (χ3n) is 7.50. The van der Waals surface area contributed by atoms with Crippen LogP contribution in [0.25, 0.3) is 17.2 Å². The van der Waals surface area contributed by atoms with E-state index >= 15 is 0 Å². The van der Waals surface area contributed by atoms with Crippen molar-refractivity contribution < 1.29 is 24.2 Å². The number of amides is 1. The molecule has 0 heterocycles. The molecule has 1 N–H and O–H groups in total. The van der Waals surface area contributed by atoms with Crippen molar-refractivity contribution in [3.05, 3.63) is 90.0 Å². The maximum absolute atomic E-state index is 13.9. The Morgan fingerprint density at radius 2 is 1.45 bits per heavy atom. The van der Waals surface area contributed by atoms with Crippen LogP contribution in [0.5, 0.6) is 0 Å². The number of aliphatic carboxylic acids is 1. The lowest BCUT2D eigenvalue weighted by Crippen LogP contribution is -2.38. The number of ether oxygens (including phenoxy) is 1. The van der Waals surface area contributed by atoms with Crippen LogP contribution in [0.2, 0.25) is 0 Å². The molecule has 40 heavy (non-hydrogen) atoms. The van der Waals surface area contributed by atoms with Crippen LogP contribution >= 0.6 is 0 Å². The summed E-state index contributed by atoms with van der Waals surface area (Å²) in [6.07, 6.45) is 5.12. The minimum absolute atomic E-state index is 0.0127. The highest BCUT2D eigenvalue weighted by atomic mass is 16.5. The summed E-state index contributed by atoms with van der Waals surface area (Å²) in [5.74, 6) is -1.88. The van der Waals surface area contributed by atoms with Gasteiger partial charge in [-0.3, -0.25) is 9.59 Å². The molecule has 3 aromatic carbocycles. The van der Waals surface area contributed by atoms with Gasteiger partial charge in [0.1, 0.15) is 0 Å². The molecule has 208 valence electrons. The Morgan fingerprint density at radius 1 is 0.850 bits per heavy atom. The van der Waals surface area contributed by atoms with E-state index in [0.29, 0.717) is 32.2 Å². The molecule has 0 aliphatic heterocycles. The van der Waals surface area contributed by atoms with E-state index in [4.69, 9.17) is 4.74 Å². The van der Waals surface area contributed by atoms with E-state index in [2.05, 4.69) is 41.3 Å². The molecule has 1 aliphatic rings. The third-order valence-corrected chi connectivity index (χ3v) is 7.50. The molecule has 1 aliphatic carbocycles. The highest BCUT2D eigenvalue weighted by Crippen LogP contribution is 2.33. The van der Waals surface area contributed by atoms with Gasteiger partial charge in [0.05, 0.1) is 19.6 Å². The van der Waals surface area contributed by atoms with E-state index in [9.17, 15) is 19.5 Å². The lowest BCUT2D eigenvalue weighted by Gasteiger charge is -2.31. The number of carbonyl (C=O) groups excluding carboxylic acids is 2. The van der Waals surface area contributed by atoms with Crippen LogP contribution in [0.4, 0.5) is 11.4 Å². The normalized spacial score (nSPS) is 16.9. The minimum atomic E-state index is -0.788. The van der Waals surface area contributed by atoms with E-state index in [1.165, 1.54) is 13.2 Å². The molecule has 3 aromatic rings. The van der Waals surface area contributed by atoms with Crippen molar-refractivity contribution in [3.8, 4) is 11.1 Å². The summed E-state index contributed by atoms with van der Waals surface area (Å²) in [5, 5.41) is 9.39. The zero-order valence-electron chi connectivity index (χ0n) is 23.2. The SMILES string of the molecule is COC(=O)/C=C/c1cccc(N(Cc2ccc(-c3ccc(N(C)C)cc3)cc2)C(=O)[C@H]2CC[C@H](C(=O)O)CC2)c1. The first kappa shape index (κ1) is 28.6. The molecule has 4 rings (SSSR count). The lowest BCUT2D eigenvalue weighted by atomic mass is 9.81. The fourth-order valence-corrected chi connectivity index (χ4v) is 5.07. The lowest BCUT2D eigenvalue weighted by molar-refractivity contribution is -0.144. The average Bonchev–Trinajstić information content (AvgIpc) is 2.98. The zero-order valence-corrected chi connectivity index (χ0v) is 23.2. The van der Waals surface area contributed by atoms with Crippen molar-refractivity contribution in [2.75, 3.05) is 31.0 Å². The van der Waals surface area contributed by atoms with Gasteiger partial charge in [-0.1, -0.05) is 48.5 Å². The number of carboxylic acid groups (broad SMARTS) is 1. The Labute approximate surface area is 235 Å². The van der Waals surface area contributed by atoms with Crippen LogP contribution in [-0.2, 0) is 25.7 Å². The Kier molecular flexibility index (Phi) is 9.38. The minimum Gasteiger partial charge on any atom is -0.481 e. The van der Waals surface area contributed by atoms with Gasteiger partial charge in [-0.05, 0) is 78.3 Å². The molecule has 1 saturated carbocycles. The number of anilines is 2. The second kappa shape index (κ2) is 13.1. The summed E-state index contributed by atoms with van der Waals surface area (Å²) >= 11 is 0. The predicted octanol–water partition coefficient (Wildman–Crippen LogP) is 6.03. The van der Waals surface area contributed by atoms with Gasteiger partial charge >= 0.3 is 11.9 Å². The van der Waals surface area contributed by atoms with Gasteiger partial charge in [0.2, 0.25) is 5.91 Å². The molecular weight excluding hydrogens is 504 g/mol. The summed E-state index contributed by atoms with van der Waals surface area (Å²) in [6, 6.07) is 24.1. The molecule has 0 spiro atoms. The van der Waals surface area contributed by atoms with Crippen LogP contribution in [0.3, 0.4) is 0 Å². The first-order valence-corrected chi connectivity index (χ1v) is 13.5. The number of carboxylic acids is 1. The number of nitrogens with zero attached hydrogens (tertiary/aromatic N) is 2. The molecule has 7 heteroatoms. The number of methoxy groups -OCH3 is 1. The molecule has 0 atom stereocenters. The fraction of sp³-hybridized carbons (Fsp3) is 0.303. The highest BCUT2D eigenvalue weighted by molar-refractivity contribution is 5.95. The molecule has 1 amide bonds. The third kappa shape index (κ3) is 7.17. The van der Waals surface area contributed by atoms with Crippen LogP contribution in [0.15, 0.2) is 78.9 Å². The predicted molar refractivity (Wildman–Crippen MR) is 158 cm³/mol. The number of hydrogen-bond donors (Lipinski definition) is 1. The molecular formula is C33H36N2O5. The van der Waals surface area contributed by atoms with E-state index in [-0.39, 0.29) is 17.7 Å². The maximum atomic E-state index is 13.9. The number of esters is 1. The second-order valence-electron chi connectivity index (χ2n) is 10.4. The maximum Gasteiger partial charge on any atom is 0.330 e. The molecule has 0 unspecified atom stereocenters. The van der Waals surface area contributed by atoms with Crippen LogP contribution in [0.1, 0.15) is 36.8 Å². The number of hydrogen-bond acceptors (Lipinski definition) is 5. The van der Waals surface area contributed by atoms with Crippen molar-refractivity contribution in [3.63, 3.8) is 0 Å². The Balaban J connectivity index is 1.58. The molecule has 0 bridgehead atoms.